The van der Waals surface area contributed by atoms with E-state index in [2.05, 4.69) is 0 Å². The van der Waals surface area contributed by atoms with Gasteiger partial charge in [-0.3, -0.25) is 9.59 Å². The maximum absolute atomic E-state index is 12.3. The van der Waals surface area contributed by atoms with Gasteiger partial charge in [0.25, 0.3) is 0 Å². The first kappa shape index (κ1) is 24.4. The number of aromatic nitrogens is 1. The molecule has 1 heterocycles. The number of carbonyl (C=O) groups is 2. The molecule has 134 valence electrons. The van der Waals surface area contributed by atoms with Crippen molar-refractivity contribution in [2.24, 2.45) is 7.05 Å². The van der Waals surface area contributed by atoms with Crippen molar-refractivity contribution in [1.82, 2.24) is 4.57 Å². The Hall–Kier alpha value is -1.87. The summed E-state index contributed by atoms with van der Waals surface area (Å²) in [5.74, 6) is -0.111. The smallest absolute Gasteiger partial charge is 0.209 e. The minimum Gasteiger partial charge on any atom is -0.339 e. The highest BCUT2D eigenvalue weighted by Crippen LogP contribution is 2.18. The molecule has 2 aromatic rings. The van der Waals surface area contributed by atoms with Gasteiger partial charge in [-0.1, -0.05) is 53.1 Å². The molecule has 0 amide bonds. The summed E-state index contributed by atoms with van der Waals surface area (Å²) in [5, 5.41) is 0.587. The predicted molar refractivity (Wildman–Crippen MR) is 104 cm³/mol. The molecule has 1 aromatic carbocycles. The van der Waals surface area contributed by atoms with Crippen molar-refractivity contribution in [1.29, 1.82) is 0 Å². The number of ketones is 1. The van der Waals surface area contributed by atoms with E-state index < -0.39 is 0 Å². The third-order valence-corrected chi connectivity index (χ3v) is 3.15. The van der Waals surface area contributed by atoms with E-state index in [1.54, 1.807) is 41.9 Å². The number of carbonyl (C=O) groups excluding carboxylic acids is 2. The third-order valence-electron chi connectivity index (χ3n) is 2.90. The Morgan fingerprint density at radius 3 is 1.83 bits per heavy atom. The third kappa shape index (κ3) is 6.32. The lowest BCUT2D eigenvalue weighted by atomic mass is 10.1. The number of nitrogens with zero attached hydrogens (tertiary/aromatic N) is 1. The highest BCUT2D eigenvalue weighted by atomic mass is 35.5. The van der Waals surface area contributed by atoms with Crippen LogP contribution in [0, 0.1) is 6.92 Å². The normalized spacial score (nSPS) is 8.54. The fourth-order valence-electron chi connectivity index (χ4n) is 1.96. The summed E-state index contributed by atoms with van der Waals surface area (Å²) in [4.78, 5) is 23.2. The van der Waals surface area contributed by atoms with Crippen molar-refractivity contribution >= 4 is 23.7 Å². The molecule has 0 saturated carbocycles. The maximum Gasteiger partial charge on any atom is 0.209 e. The molecule has 4 heteroatoms. The Balaban J connectivity index is 0. The van der Waals surface area contributed by atoms with Gasteiger partial charge in [0, 0.05) is 17.6 Å². The van der Waals surface area contributed by atoms with Crippen LogP contribution in [0.1, 0.15) is 73.6 Å². The number of aldehydes is 1. The summed E-state index contributed by atoms with van der Waals surface area (Å²) in [5.41, 5.74) is 2.37. The Morgan fingerprint density at radius 1 is 1.00 bits per heavy atom. The maximum atomic E-state index is 12.3. The predicted octanol–water partition coefficient (Wildman–Crippen LogP) is 6.11. The zero-order chi connectivity index (χ0) is 19.3. The van der Waals surface area contributed by atoms with Gasteiger partial charge in [0.1, 0.15) is 0 Å². The van der Waals surface area contributed by atoms with E-state index in [0.29, 0.717) is 22.0 Å². The van der Waals surface area contributed by atoms with E-state index in [9.17, 15) is 9.59 Å². The SMILES string of the molecule is CC.CC.CC.Cc1cc(C=O)n(C)c1C(=O)c1ccc(Cl)cc1. The lowest BCUT2D eigenvalue weighted by Gasteiger charge is -2.05. The lowest BCUT2D eigenvalue weighted by Crippen LogP contribution is -2.10. The molecule has 3 nitrogen and oxygen atoms in total. The molecule has 0 spiro atoms. The van der Waals surface area contributed by atoms with Crippen LogP contribution >= 0.6 is 11.6 Å². The average Bonchev–Trinajstić information content (AvgIpc) is 2.94. The van der Waals surface area contributed by atoms with E-state index in [-0.39, 0.29) is 5.78 Å². The van der Waals surface area contributed by atoms with Crippen LogP contribution in [0.4, 0.5) is 0 Å². The first-order valence-electron chi connectivity index (χ1n) is 8.46. The summed E-state index contributed by atoms with van der Waals surface area (Å²) in [6.07, 6.45) is 0.742. The van der Waals surface area contributed by atoms with Gasteiger partial charge >= 0.3 is 0 Å². The molecule has 0 aliphatic heterocycles. The first-order chi connectivity index (χ1) is 11.5. The number of benzene rings is 1. The molecule has 2 rings (SSSR count). The molecule has 0 aliphatic rings. The average molecular weight is 352 g/mol. The van der Waals surface area contributed by atoms with Gasteiger partial charge < -0.3 is 4.57 Å². The fourth-order valence-corrected chi connectivity index (χ4v) is 2.09. The minimum absolute atomic E-state index is 0.111. The number of hydrogen-bond acceptors (Lipinski definition) is 2. The van der Waals surface area contributed by atoms with Crippen LogP contribution in [0.3, 0.4) is 0 Å². The summed E-state index contributed by atoms with van der Waals surface area (Å²) in [6.45, 7) is 13.8. The van der Waals surface area contributed by atoms with Gasteiger partial charge in [-0.2, -0.15) is 0 Å². The van der Waals surface area contributed by atoms with Crippen LogP contribution in [0.5, 0.6) is 0 Å². The van der Waals surface area contributed by atoms with Gasteiger partial charge in [-0.15, -0.1) is 0 Å². The van der Waals surface area contributed by atoms with E-state index >= 15 is 0 Å². The van der Waals surface area contributed by atoms with Crippen molar-refractivity contribution in [2.75, 3.05) is 0 Å². The summed E-state index contributed by atoms with van der Waals surface area (Å²) < 4.78 is 1.61. The van der Waals surface area contributed by atoms with Crippen molar-refractivity contribution < 1.29 is 9.59 Å². The van der Waals surface area contributed by atoms with Crippen LogP contribution < -0.4 is 0 Å². The molecule has 0 atom stereocenters. The summed E-state index contributed by atoms with van der Waals surface area (Å²) in [6, 6.07) is 8.41. The molecule has 24 heavy (non-hydrogen) atoms. The number of aryl methyl sites for hydroxylation is 1. The van der Waals surface area contributed by atoms with Crippen molar-refractivity contribution in [2.45, 2.75) is 48.5 Å². The van der Waals surface area contributed by atoms with Crippen molar-refractivity contribution in [3.05, 3.63) is 57.9 Å². The molecule has 0 saturated heterocycles. The van der Waals surface area contributed by atoms with Gasteiger partial charge in [0.2, 0.25) is 5.78 Å². The number of rotatable bonds is 3. The highest BCUT2D eigenvalue weighted by Gasteiger charge is 2.17. The largest absolute Gasteiger partial charge is 0.339 e. The van der Waals surface area contributed by atoms with E-state index in [4.69, 9.17) is 11.6 Å². The van der Waals surface area contributed by atoms with Gasteiger partial charge in [-0.25, -0.2) is 0 Å². The van der Waals surface area contributed by atoms with Crippen LogP contribution in [0.25, 0.3) is 0 Å². The Labute approximate surface area is 151 Å². The zero-order valence-electron chi connectivity index (χ0n) is 16.1. The van der Waals surface area contributed by atoms with E-state index in [1.165, 1.54) is 0 Å². The Morgan fingerprint density at radius 2 is 1.46 bits per heavy atom. The van der Waals surface area contributed by atoms with Crippen LogP contribution in [0.2, 0.25) is 5.02 Å². The molecule has 1 aromatic heterocycles. The minimum atomic E-state index is -0.111. The first-order valence-corrected chi connectivity index (χ1v) is 8.84. The van der Waals surface area contributed by atoms with E-state index in [0.717, 1.165) is 11.8 Å². The molecular weight excluding hydrogens is 322 g/mol. The van der Waals surface area contributed by atoms with Crippen LogP contribution in [-0.2, 0) is 7.05 Å². The molecular formula is C20H30ClNO2. The topological polar surface area (TPSA) is 39.1 Å². The van der Waals surface area contributed by atoms with Gasteiger partial charge in [0.15, 0.2) is 6.29 Å². The second-order valence-corrected chi connectivity index (χ2v) is 4.55. The Kier molecular flexibility index (Phi) is 13.8. The molecule has 0 unspecified atom stereocenters. The molecule has 0 bridgehead atoms. The molecule has 0 N–H and O–H groups in total. The monoisotopic (exact) mass is 351 g/mol. The molecule has 0 radical (unpaired) electrons. The lowest BCUT2D eigenvalue weighted by molar-refractivity contribution is 0.103. The van der Waals surface area contributed by atoms with Crippen molar-refractivity contribution in [3.8, 4) is 0 Å². The zero-order valence-corrected chi connectivity index (χ0v) is 16.9. The quantitative estimate of drug-likeness (QED) is 0.494. The van der Waals surface area contributed by atoms with Gasteiger partial charge in [-0.05, 0) is 42.8 Å². The van der Waals surface area contributed by atoms with Crippen LogP contribution in [0.15, 0.2) is 30.3 Å². The number of halogens is 1. The second kappa shape index (κ2) is 13.6. The second-order valence-electron chi connectivity index (χ2n) is 4.11. The summed E-state index contributed by atoms with van der Waals surface area (Å²) >= 11 is 5.79. The number of hydrogen-bond donors (Lipinski definition) is 0. The fraction of sp³-hybridized carbons (Fsp3) is 0.400. The van der Waals surface area contributed by atoms with Gasteiger partial charge in [0.05, 0.1) is 11.4 Å². The molecule has 0 fully saturated rings. The summed E-state index contributed by atoms with van der Waals surface area (Å²) in [7, 11) is 1.71. The molecule has 0 aliphatic carbocycles. The van der Waals surface area contributed by atoms with Crippen LogP contribution in [-0.4, -0.2) is 16.6 Å². The van der Waals surface area contributed by atoms with Crippen molar-refractivity contribution in [3.63, 3.8) is 0 Å². The standard InChI is InChI=1S/C14H12ClNO2.3C2H6/c1-9-7-12(8-17)16(2)13(9)14(18)10-3-5-11(15)6-4-10;3*1-2/h3-8H,1-2H3;3*1-2H3. The van der Waals surface area contributed by atoms with E-state index in [1.807, 2.05) is 48.5 Å². The highest BCUT2D eigenvalue weighted by molar-refractivity contribution is 6.30. The Bertz CT molecular complexity index is 613.